The summed E-state index contributed by atoms with van der Waals surface area (Å²) in [5, 5.41) is 3.47. The lowest BCUT2D eigenvalue weighted by atomic mass is 10.1. The Labute approximate surface area is 286 Å². The van der Waals surface area contributed by atoms with Crippen LogP contribution in [-0.2, 0) is 26.2 Å². The quantitative estimate of drug-likeness (QED) is 0.198. The van der Waals surface area contributed by atoms with Gasteiger partial charge in [0.25, 0.3) is 10.0 Å². The molecule has 11 nitrogen and oxygen atoms in total. The van der Waals surface area contributed by atoms with Crippen LogP contribution in [0.25, 0.3) is 0 Å². The molecule has 0 spiro atoms. The van der Waals surface area contributed by atoms with Gasteiger partial charge in [0.15, 0.2) is 11.5 Å². The van der Waals surface area contributed by atoms with E-state index >= 15 is 0 Å². The zero-order valence-corrected chi connectivity index (χ0v) is 29.8. The van der Waals surface area contributed by atoms with Gasteiger partial charge in [-0.15, -0.1) is 0 Å². The Morgan fingerprint density at radius 1 is 0.851 bits per heavy atom. The van der Waals surface area contributed by atoms with Gasteiger partial charge in [-0.3, -0.25) is 13.9 Å². The summed E-state index contributed by atoms with van der Waals surface area (Å²) in [6, 6.07) is 12.6. The second-order valence-electron chi connectivity index (χ2n) is 10.9. The van der Waals surface area contributed by atoms with Crippen molar-refractivity contribution in [2.75, 3.05) is 45.8 Å². The number of sulfonamides is 1. The van der Waals surface area contributed by atoms with E-state index in [4.69, 9.17) is 42.1 Å². The van der Waals surface area contributed by atoms with Gasteiger partial charge >= 0.3 is 0 Å². The van der Waals surface area contributed by atoms with E-state index in [1.807, 2.05) is 13.8 Å². The minimum atomic E-state index is -4.50. The third kappa shape index (κ3) is 8.94. The molecule has 0 aliphatic carbocycles. The van der Waals surface area contributed by atoms with Crippen molar-refractivity contribution in [2.45, 2.75) is 44.7 Å². The number of hydrogen-bond acceptors (Lipinski definition) is 8. The molecule has 2 amide bonds. The first-order valence-corrected chi connectivity index (χ1v) is 17.0. The fourth-order valence-electron chi connectivity index (χ4n) is 4.80. The van der Waals surface area contributed by atoms with Gasteiger partial charge in [-0.05, 0) is 48.7 Å². The van der Waals surface area contributed by atoms with Gasteiger partial charge < -0.3 is 29.2 Å². The highest BCUT2D eigenvalue weighted by molar-refractivity contribution is 7.92. The number of nitrogens with zero attached hydrogens (tertiary/aromatic N) is 2. The zero-order chi connectivity index (χ0) is 34.9. The predicted molar refractivity (Wildman–Crippen MR) is 183 cm³/mol. The Kier molecular flexibility index (Phi) is 13.4. The number of carbonyl (C=O) groups excluding carboxylic acids is 2. The summed E-state index contributed by atoms with van der Waals surface area (Å²) < 4.78 is 51.5. The lowest BCUT2D eigenvalue weighted by Gasteiger charge is -2.34. The van der Waals surface area contributed by atoms with E-state index < -0.39 is 34.4 Å². The molecule has 0 bridgehead atoms. The number of benzene rings is 3. The van der Waals surface area contributed by atoms with E-state index in [2.05, 4.69) is 5.32 Å². The number of hydrogen-bond donors (Lipinski definition) is 1. The van der Waals surface area contributed by atoms with Crippen LogP contribution in [0.5, 0.6) is 23.0 Å². The maximum absolute atomic E-state index is 14.5. The SMILES string of the molecule is CC[C@@H](C(=O)NCC(C)C)N(Cc1c(Cl)cccc1Cl)C(=O)CN(c1cc(OC)ccc1OC)S(=O)(=O)c1ccc(OC)c(OC)c1. The standard InChI is InChI=1S/C33H41Cl2N3O8S/c1-8-27(33(40)36-18-21(2)3)37(19-24-25(34)10-9-11-26(24)35)32(39)20-38(28-16-22(43-4)12-14-29(28)44-5)47(41,42)23-13-15-30(45-6)31(17-23)46-7/h9-17,21,27H,8,18-20H2,1-7H3,(H,36,40)/t27-/m0/s1. The topological polar surface area (TPSA) is 124 Å². The highest BCUT2D eigenvalue weighted by Gasteiger charge is 2.36. The molecule has 0 aromatic heterocycles. The van der Waals surface area contributed by atoms with Gasteiger partial charge in [0.2, 0.25) is 11.8 Å². The molecular formula is C33H41Cl2N3O8S. The number of anilines is 1. The van der Waals surface area contributed by atoms with Crippen LogP contribution in [0.3, 0.4) is 0 Å². The van der Waals surface area contributed by atoms with Gasteiger partial charge in [-0.1, -0.05) is 50.0 Å². The minimum absolute atomic E-state index is 0.0306. The minimum Gasteiger partial charge on any atom is -0.497 e. The van der Waals surface area contributed by atoms with Gasteiger partial charge in [0, 0.05) is 40.8 Å². The average Bonchev–Trinajstić information content (AvgIpc) is 3.06. The molecule has 0 saturated carbocycles. The van der Waals surface area contributed by atoms with Gasteiger partial charge in [0.1, 0.15) is 24.1 Å². The number of methoxy groups -OCH3 is 4. The molecule has 1 atom stereocenters. The predicted octanol–water partition coefficient (Wildman–Crippen LogP) is 5.80. The number of carbonyl (C=O) groups is 2. The maximum atomic E-state index is 14.5. The second kappa shape index (κ2) is 16.8. The molecule has 0 unspecified atom stereocenters. The van der Waals surface area contributed by atoms with E-state index in [1.54, 1.807) is 31.2 Å². The molecule has 0 radical (unpaired) electrons. The molecule has 3 aromatic rings. The Morgan fingerprint density at radius 3 is 2.02 bits per heavy atom. The Morgan fingerprint density at radius 2 is 1.47 bits per heavy atom. The third-order valence-corrected chi connectivity index (χ3v) is 9.80. The normalized spacial score (nSPS) is 11.9. The molecule has 256 valence electrons. The van der Waals surface area contributed by atoms with Crippen molar-refractivity contribution in [2.24, 2.45) is 5.92 Å². The summed E-state index contributed by atoms with van der Waals surface area (Å²) in [4.78, 5) is 29.1. The van der Waals surface area contributed by atoms with Crippen LogP contribution >= 0.6 is 23.2 Å². The number of rotatable bonds is 16. The van der Waals surface area contributed by atoms with E-state index in [1.165, 1.54) is 63.7 Å². The van der Waals surface area contributed by atoms with Gasteiger partial charge in [0.05, 0.1) is 39.0 Å². The molecule has 0 saturated heterocycles. The van der Waals surface area contributed by atoms with Crippen molar-refractivity contribution in [3.8, 4) is 23.0 Å². The molecule has 14 heteroatoms. The Hall–Kier alpha value is -3.87. The van der Waals surface area contributed by atoms with Crippen LogP contribution in [0.1, 0.15) is 32.8 Å². The summed E-state index contributed by atoms with van der Waals surface area (Å²) in [5.41, 5.74) is 0.440. The monoisotopic (exact) mass is 709 g/mol. The number of amides is 2. The Bertz CT molecular complexity index is 1650. The summed E-state index contributed by atoms with van der Waals surface area (Å²) in [5.74, 6) is 0.0214. The molecule has 3 rings (SSSR count). The molecule has 47 heavy (non-hydrogen) atoms. The Balaban J connectivity index is 2.22. The smallest absolute Gasteiger partial charge is 0.265 e. The molecule has 0 aliphatic heterocycles. The van der Waals surface area contributed by atoms with E-state index in [-0.39, 0.29) is 51.0 Å². The lowest BCUT2D eigenvalue weighted by Crippen LogP contribution is -2.52. The molecule has 0 fully saturated rings. The zero-order valence-electron chi connectivity index (χ0n) is 27.5. The summed E-state index contributed by atoms with van der Waals surface area (Å²) in [6.07, 6.45) is 0.225. The van der Waals surface area contributed by atoms with E-state index in [0.717, 1.165) is 4.31 Å². The maximum Gasteiger partial charge on any atom is 0.265 e. The average molecular weight is 711 g/mol. The fraction of sp³-hybridized carbons (Fsp3) is 0.394. The molecule has 3 aromatic carbocycles. The number of nitrogens with one attached hydrogen (secondary N) is 1. The third-order valence-electron chi connectivity index (χ3n) is 7.34. The second-order valence-corrected chi connectivity index (χ2v) is 13.5. The largest absolute Gasteiger partial charge is 0.497 e. The van der Waals surface area contributed by atoms with Crippen molar-refractivity contribution < 1.29 is 37.0 Å². The number of ether oxygens (including phenoxy) is 4. The first-order chi connectivity index (χ1) is 22.3. The van der Waals surface area contributed by atoms with E-state index in [9.17, 15) is 18.0 Å². The van der Waals surface area contributed by atoms with Crippen molar-refractivity contribution >= 4 is 50.7 Å². The van der Waals surface area contributed by atoms with Crippen molar-refractivity contribution in [3.05, 3.63) is 70.2 Å². The van der Waals surface area contributed by atoms with Crippen molar-refractivity contribution in [3.63, 3.8) is 0 Å². The molecule has 1 N–H and O–H groups in total. The van der Waals surface area contributed by atoms with Crippen LogP contribution < -0.4 is 28.6 Å². The molecule has 0 heterocycles. The summed E-state index contributed by atoms with van der Waals surface area (Å²) >= 11 is 13.0. The first kappa shape index (κ1) is 37.6. The van der Waals surface area contributed by atoms with E-state index in [0.29, 0.717) is 23.6 Å². The first-order valence-electron chi connectivity index (χ1n) is 14.8. The van der Waals surface area contributed by atoms with Crippen LogP contribution in [-0.4, -0.2) is 72.7 Å². The summed E-state index contributed by atoms with van der Waals surface area (Å²) in [6.45, 7) is 5.15. The van der Waals surface area contributed by atoms with Crippen LogP contribution in [0.2, 0.25) is 10.0 Å². The lowest BCUT2D eigenvalue weighted by molar-refractivity contribution is -0.140. The van der Waals surface area contributed by atoms with Gasteiger partial charge in [-0.2, -0.15) is 0 Å². The van der Waals surface area contributed by atoms with Crippen molar-refractivity contribution in [1.29, 1.82) is 0 Å². The van der Waals surface area contributed by atoms with Crippen LogP contribution in [0.15, 0.2) is 59.5 Å². The highest BCUT2D eigenvalue weighted by Crippen LogP contribution is 2.38. The van der Waals surface area contributed by atoms with Crippen molar-refractivity contribution in [1.82, 2.24) is 10.2 Å². The highest BCUT2D eigenvalue weighted by atomic mass is 35.5. The summed E-state index contributed by atoms with van der Waals surface area (Å²) in [7, 11) is 1.13. The fourth-order valence-corrected chi connectivity index (χ4v) is 6.75. The molecular weight excluding hydrogens is 669 g/mol. The van der Waals surface area contributed by atoms with Crippen LogP contribution in [0, 0.1) is 5.92 Å². The molecule has 0 aliphatic rings. The van der Waals surface area contributed by atoms with Crippen LogP contribution in [0.4, 0.5) is 5.69 Å². The number of halogens is 2. The van der Waals surface area contributed by atoms with Gasteiger partial charge in [-0.25, -0.2) is 8.42 Å².